The van der Waals surface area contributed by atoms with Gasteiger partial charge in [-0.2, -0.15) is 0 Å². The van der Waals surface area contributed by atoms with Gasteiger partial charge in [0.15, 0.2) is 0 Å². The molecule has 17 heavy (non-hydrogen) atoms. The summed E-state index contributed by atoms with van der Waals surface area (Å²) >= 11 is 0. The predicted molar refractivity (Wildman–Crippen MR) is 60.1 cm³/mol. The van der Waals surface area contributed by atoms with Gasteiger partial charge in [0.25, 0.3) is 0 Å². The molecular weight excluding hydrogens is 224 g/mol. The van der Waals surface area contributed by atoms with Gasteiger partial charge in [0.05, 0.1) is 25.7 Å². The third-order valence-electron chi connectivity index (χ3n) is 2.30. The minimum atomic E-state index is -0.403. The molecule has 0 aromatic carbocycles. The lowest BCUT2D eigenvalue weighted by Gasteiger charge is -2.09. The summed E-state index contributed by atoms with van der Waals surface area (Å²) < 4.78 is 15.1. The van der Waals surface area contributed by atoms with Crippen LogP contribution in [0.4, 0.5) is 0 Å². The number of carbonyl (C=O) groups is 2. The summed E-state index contributed by atoms with van der Waals surface area (Å²) in [6.45, 7) is 4.22. The Morgan fingerprint density at radius 1 is 1.35 bits per heavy atom. The van der Waals surface area contributed by atoms with Gasteiger partial charge in [-0.25, -0.2) is 4.79 Å². The number of ether oxygens (including phenoxy) is 3. The monoisotopic (exact) mass is 242 g/mol. The largest absolute Gasteiger partial charge is 0.494 e. The highest BCUT2D eigenvalue weighted by atomic mass is 16.5. The highest BCUT2D eigenvalue weighted by molar-refractivity contribution is 5.82. The SMILES string of the molecule is CCOC(=O)/C=C1\CC[C@H](CC(=O)OCC)O1. The Labute approximate surface area is 101 Å². The van der Waals surface area contributed by atoms with Crippen LogP contribution < -0.4 is 0 Å². The molecular formula is C12H18O5. The number of hydrogen-bond donors (Lipinski definition) is 0. The molecule has 1 heterocycles. The fraction of sp³-hybridized carbons (Fsp3) is 0.667. The summed E-state index contributed by atoms with van der Waals surface area (Å²) in [5.74, 6) is -0.0908. The van der Waals surface area contributed by atoms with Crippen molar-refractivity contribution in [3.63, 3.8) is 0 Å². The van der Waals surface area contributed by atoms with Gasteiger partial charge in [-0.05, 0) is 20.3 Å². The van der Waals surface area contributed by atoms with E-state index in [1.807, 2.05) is 0 Å². The normalized spacial score (nSPS) is 21.1. The quantitative estimate of drug-likeness (QED) is 0.541. The molecule has 0 spiro atoms. The molecule has 5 nitrogen and oxygen atoms in total. The second kappa shape index (κ2) is 6.93. The van der Waals surface area contributed by atoms with Crippen molar-refractivity contribution in [3.8, 4) is 0 Å². The molecule has 1 fully saturated rings. The maximum absolute atomic E-state index is 11.2. The Kier molecular flexibility index (Phi) is 5.52. The topological polar surface area (TPSA) is 61.8 Å². The van der Waals surface area contributed by atoms with Crippen molar-refractivity contribution in [1.29, 1.82) is 0 Å². The molecule has 1 aliphatic heterocycles. The van der Waals surface area contributed by atoms with Crippen molar-refractivity contribution in [3.05, 3.63) is 11.8 Å². The van der Waals surface area contributed by atoms with Crippen LogP contribution in [-0.4, -0.2) is 31.3 Å². The molecule has 0 aromatic heterocycles. The first kappa shape index (κ1) is 13.5. The van der Waals surface area contributed by atoms with Crippen molar-refractivity contribution < 1.29 is 23.8 Å². The molecule has 0 radical (unpaired) electrons. The smallest absolute Gasteiger partial charge is 0.334 e. The Morgan fingerprint density at radius 3 is 2.71 bits per heavy atom. The van der Waals surface area contributed by atoms with E-state index in [0.29, 0.717) is 25.4 Å². The van der Waals surface area contributed by atoms with Gasteiger partial charge in [0, 0.05) is 6.42 Å². The first-order valence-corrected chi connectivity index (χ1v) is 5.85. The molecule has 5 heteroatoms. The third-order valence-corrected chi connectivity index (χ3v) is 2.30. The standard InChI is InChI=1S/C12H18O5/c1-3-15-11(13)7-9-5-6-10(17-9)8-12(14)16-4-2/h7,10H,3-6,8H2,1-2H3/b9-7+/t10-/m1/s1. The fourth-order valence-corrected chi connectivity index (χ4v) is 1.61. The van der Waals surface area contributed by atoms with E-state index in [1.165, 1.54) is 6.08 Å². The average molecular weight is 242 g/mol. The second-order valence-corrected chi connectivity index (χ2v) is 3.65. The molecule has 0 N–H and O–H groups in total. The van der Waals surface area contributed by atoms with E-state index in [2.05, 4.69) is 0 Å². The Hall–Kier alpha value is -1.52. The van der Waals surface area contributed by atoms with E-state index < -0.39 is 5.97 Å². The minimum absolute atomic E-state index is 0.185. The molecule has 0 aromatic rings. The minimum Gasteiger partial charge on any atom is -0.494 e. The van der Waals surface area contributed by atoms with Gasteiger partial charge in [-0.3, -0.25) is 4.79 Å². The summed E-state index contributed by atoms with van der Waals surface area (Å²) in [4.78, 5) is 22.4. The van der Waals surface area contributed by atoms with E-state index >= 15 is 0 Å². The lowest BCUT2D eigenvalue weighted by atomic mass is 10.2. The number of hydrogen-bond acceptors (Lipinski definition) is 5. The molecule has 0 bridgehead atoms. The summed E-state index contributed by atoms with van der Waals surface area (Å²) in [6, 6.07) is 0. The van der Waals surface area contributed by atoms with Crippen molar-refractivity contribution in [2.45, 2.75) is 39.2 Å². The average Bonchev–Trinajstić information content (AvgIpc) is 2.66. The van der Waals surface area contributed by atoms with Crippen LogP contribution in [0.5, 0.6) is 0 Å². The summed E-state index contributed by atoms with van der Waals surface area (Å²) in [5.41, 5.74) is 0. The maximum Gasteiger partial charge on any atom is 0.334 e. The van der Waals surface area contributed by atoms with E-state index in [-0.39, 0.29) is 18.5 Å². The Morgan fingerprint density at radius 2 is 2.06 bits per heavy atom. The Balaban J connectivity index is 2.36. The number of allylic oxidation sites excluding steroid dienone is 1. The first-order chi connectivity index (χ1) is 8.15. The van der Waals surface area contributed by atoms with Gasteiger partial charge < -0.3 is 14.2 Å². The molecule has 1 rings (SSSR count). The third kappa shape index (κ3) is 4.89. The number of rotatable bonds is 5. The highest BCUT2D eigenvalue weighted by Gasteiger charge is 2.24. The van der Waals surface area contributed by atoms with Gasteiger partial charge in [0.2, 0.25) is 0 Å². The highest BCUT2D eigenvalue weighted by Crippen LogP contribution is 2.25. The van der Waals surface area contributed by atoms with E-state index in [0.717, 1.165) is 6.42 Å². The van der Waals surface area contributed by atoms with E-state index in [9.17, 15) is 9.59 Å². The number of carbonyl (C=O) groups excluding carboxylic acids is 2. The molecule has 0 aliphatic carbocycles. The lowest BCUT2D eigenvalue weighted by molar-refractivity contribution is -0.145. The molecule has 96 valence electrons. The van der Waals surface area contributed by atoms with Crippen LogP contribution >= 0.6 is 0 Å². The van der Waals surface area contributed by atoms with E-state index in [4.69, 9.17) is 14.2 Å². The van der Waals surface area contributed by atoms with Gasteiger partial charge in [-0.1, -0.05) is 0 Å². The molecule has 0 unspecified atom stereocenters. The molecule has 1 atom stereocenters. The van der Waals surface area contributed by atoms with Crippen LogP contribution in [0.25, 0.3) is 0 Å². The van der Waals surface area contributed by atoms with Crippen LogP contribution in [0.3, 0.4) is 0 Å². The number of esters is 2. The summed E-state index contributed by atoms with van der Waals surface area (Å²) in [7, 11) is 0. The first-order valence-electron chi connectivity index (χ1n) is 5.85. The zero-order valence-electron chi connectivity index (χ0n) is 10.2. The fourth-order valence-electron chi connectivity index (χ4n) is 1.61. The van der Waals surface area contributed by atoms with Crippen molar-refractivity contribution in [2.24, 2.45) is 0 Å². The molecule has 1 aliphatic rings. The van der Waals surface area contributed by atoms with Crippen molar-refractivity contribution in [1.82, 2.24) is 0 Å². The van der Waals surface area contributed by atoms with E-state index in [1.54, 1.807) is 13.8 Å². The van der Waals surface area contributed by atoms with Crippen LogP contribution in [0.15, 0.2) is 11.8 Å². The maximum atomic E-state index is 11.2. The van der Waals surface area contributed by atoms with Crippen LogP contribution in [0.1, 0.15) is 33.1 Å². The summed E-state index contributed by atoms with van der Waals surface area (Å²) in [5, 5.41) is 0. The second-order valence-electron chi connectivity index (χ2n) is 3.65. The molecule has 0 amide bonds. The van der Waals surface area contributed by atoms with Crippen molar-refractivity contribution in [2.75, 3.05) is 13.2 Å². The van der Waals surface area contributed by atoms with Gasteiger partial charge in [-0.15, -0.1) is 0 Å². The van der Waals surface area contributed by atoms with Crippen LogP contribution in [0.2, 0.25) is 0 Å². The molecule has 0 saturated carbocycles. The van der Waals surface area contributed by atoms with Crippen LogP contribution in [0, 0.1) is 0 Å². The Bertz CT molecular complexity index is 308. The lowest BCUT2D eigenvalue weighted by Crippen LogP contribution is -2.14. The van der Waals surface area contributed by atoms with Crippen LogP contribution in [-0.2, 0) is 23.8 Å². The predicted octanol–water partition coefficient (Wildman–Crippen LogP) is 1.57. The van der Waals surface area contributed by atoms with Gasteiger partial charge in [0.1, 0.15) is 11.9 Å². The van der Waals surface area contributed by atoms with Crippen molar-refractivity contribution >= 4 is 11.9 Å². The zero-order valence-corrected chi connectivity index (χ0v) is 10.2. The summed E-state index contributed by atoms with van der Waals surface area (Å²) in [6.07, 6.45) is 2.77. The molecule has 1 saturated heterocycles. The van der Waals surface area contributed by atoms with Gasteiger partial charge >= 0.3 is 11.9 Å². The zero-order chi connectivity index (χ0) is 12.7.